The van der Waals surface area contributed by atoms with Crippen molar-refractivity contribution in [3.8, 4) is 11.4 Å². The Hall–Kier alpha value is -3.84. The van der Waals surface area contributed by atoms with E-state index in [1.807, 2.05) is 74.5 Å². The van der Waals surface area contributed by atoms with Gasteiger partial charge in [-0.25, -0.2) is 4.68 Å². The molecule has 0 saturated heterocycles. The molecule has 0 saturated carbocycles. The first kappa shape index (κ1) is 20.1. The number of fused-ring (bicyclic) bond motifs is 1. The number of carbonyl (C=O) groups excluding carboxylic acids is 1. The number of furan rings is 1. The van der Waals surface area contributed by atoms with Crippen LogP contribution < -0.4 is 10.6 Å². The first-order chi connectivity index (χ1) is 15.5. The molecule has 0 spiro atoms. The fraction of sp³-hybridized carbons (Fsp3) is 0.125. The third-order valence-electron chi connectivity index (χ3n) is 5.27. The van der Waals surface area contributed by atoms with Crippen LogP contribution in [0.3, 0.4) is 0 Å². The number of carbonyl (C=O) groups is 1. The van der Waals surface area contributed by atoms with Crippen LogP contribution in [0.5, 0.6) is 0 Å². The molecule has 1 aliphatic heterocycles. The highest BCUT2D eigenvalue weighted by molar-refractivity contribution is 6.33. The van der Waals surface area contributed by atoms with Crippen LogP contribution in [-0.4, -0.2) is 20.7 Å². The van der Waals surface area contributed by atoms with Gasteiger partial charge in [-0.2, -0.15) is 4.98 Å². The maximum atomic E-state index is 13.4. The summed E-state index contributed by atoms with van der Waals surface area (Å²) < 4.78 is 7.61. The molecule has 5 rings (SSSR count). The molecule has 2 aromatic heterocycles. The molecule has 4 aromatic rings. The lowest BCUT2D eigenvalue weighted by molar-refractivity contribution is -0.113. The van der Waals surface area contributed by atoms with Crippen molar-refractivity contribution < 1.29 is 9.21 Å². The molecule has 1 atom stereocenters. The standard InChI is InChI=1S/C24H20ClN5O2/c1-14-12-13-19(32-14)21-20(23(31)27-16-8-4-3-5-9-16)15(2)26-24-28-22(29-30(21)24)17-10-6-7-11-18(17)25/h3-13,21H,1-2H3,(H,27,31)(H,26,28,29). The summed E-state index contributed by atoms with van der Waals surface area (Å²) in [5.41, 5.74) is 2.57. The van der Waals surface area contributed by atoms with Gasteiger partial charge < -0.3 is 15.1 Å². The van der Waals surface area contributed by atoms with Crippen molar-refractivity contribution in [2.75, 3.05) is 10.6 Å². The summed E-state index contributed by atoms with van der Waals surface area (Å²) in [7, 11) is 0. The third-order valence-corrected chi connectivity index (χ3v) is 5.60. The Bertz CT molecular complexity index is 1340. The van der Waals surface area contributed by atoms with Gasteiger partial charge in [-0.15, -0.1) is 5.10 Å². The van der Waals surface area contributed by atoms with Crippen molar-refractivity contribution in [3.63, 3.8) is 0 Å². The first-order valence-electron chi connectivity index (χ1n) is 10.1. The second-order valence-corrected chi connectivity index (χ2v) is 7.93. The molecule has 0 bridgehead atoms. The Kier molecular flexibility index (Phi) is 5.03. The zero-order valence-electron chi connectivity index (χ0n) is 17.5. The van der Waals surface area contributed by atoms with Gasteiger partial charge in [0.1, 0.15) is 17.6 Å². The van der Waals surface area contributed by atoms with Crippen molar-refractivity contribution in [3.05, 3.63) is 94.5 Å². The van der Waals surface area contributed by atoms with Gasteiger partial charge in [0.15, 0.2) is 5.82 Å². The molecule has 0 aliphatic carbocycles. The van der Waals surface area contributed by atoms with Crippen LogP contribution in [0.2, 0.25) is 5.02 Å². The van der Waals surface area contributed by atoms with Gasteiger partial charge in [0.2, 0.25) is 5.95 Å². The Morgan fingerprint density at radius 2 is 1.81 bits per heavy atom. The van der Waals surface area contributed by atoms with Crippen LogP contribution in [-0.2, 0) is 4.79 Å². The van der Waals surface area contributed by atoms with E-state index in [1.165, 1.54) is 0 Å². The SMILES string of the molecule is CC1=C(C(=O)Nc2ccccc2)C(c2ccc(C)o2)n2nc(-c3ccccc3Cl)nc2N1. The number of rotatable bonds is 4. The summed E-state index contributed by atoms with van der Waals surface area (Å²) in [6.07, 6.45) is 0. The molecule has 2 N–H and O–H groups in total. The maximum Gasteiger partial charge on any atom is 0.256 e. The topological polar surface area (TPSA) is 85.0 Å². The van der Waals surface area contributed by atoms with Crippen molar-refractivity contribution in [2.45, 2.75) is 19.9 Å². The second kappa shape index (κ2) is 8.01. The van der Waals surface area contributed by atoms with Crippen molar-refractivity contribution in [1.29, 1.82) is 0 Å². The molecule has 1 unspecified atom stereocenters. The average Bonchev–Trinajstić information content (AvgIpc) is 3.39. The molecule has 1 amide bonds. The number of nitrogens with one attached hydrogen (secondary N) is 2. The lowest BCUT2D eigenvalue weighted by Crippen LogP contribution is -2.31. The Labute approximate surface area is 189 Å². The van der Waals surface area contributed by atoms with Gasteiger partial charge in [0, 0.05) is 16.9 Å². The summed E-state index contributed by atoms with van der Waals surface area (Å²) in [5, 5.41) is 11.4. The van der Waals surface area contributed by atoms with E-state index < -0.39 is 6.04 Å². The summed E-state index contributed by atoms with van der Waals surface area (Å²) in [4.78, 5) is 18.0. The monoisotopic (exact) mass is 445 g/mol. The number of benzene rings is 2. The fourth-order valence-electron chi connectivity index (χ4n) is 3.79. The van der Waals surface area contributed by atoms with E-state index in [0.29, 0.717) is 45.1 Å². The van der Waals surface area contributed by atoms with Gasteiger partial charge in [-0.05, 0) is 50.2 Å². The molecule has 32 heavy (non-hydrogen) atoms. The molecule has 3 heterocycles. The molecule has 160 valence electrons. The Balaban J connectivity index is 1.61. The average molecular weight is 446 g/mol. The van der Waals surface area contributed by atoms with Gasteiger partial charge >= 0.3 is 0 Å². The summed E-state index contributed by atoms with van der Waals surface area (Å²) in [6.45, 7) is 3.71. The largest absolute Gasteiger partial charge is 0.464 e. The number of halogens is 1. The van der Waals surface area contributed by atoms with Crippen LogP contribution in [0.15, 0.2) is 82.4 Å². The van der Waals surface area contributed by atoms with Gasteiger partial charge in [0.25, 0.3) is 5.91 Å². The lowest BCUT2D eigenvalue weighted by atomic mass is 10.00. The normalized spacial score (nSPS) is 15.3. The Morgan fingerprint density at radius 1 is 1.06 bits per heavy atom. The maximum absolute atomic E-state index is 13.4. The number of nitrogens with zero attached hydrogens (tertiary/aromatic N) is 3. The smallest absolute Gasteiger partial charge is 0.256 e. The minimum atomic E-state index is -0.590. The van der Waals surface area contributed by atoms with Crippen molar-refractivity contribution in [2.24, 2.45) is 0 Å². The zero-order chi connectivity index (χ0) is 22.2. The van der Waals surface area contributed by atoms with E-state index in [4.69, 9.17) is 21.1 Å². The van der Waals surface area contributed by atoms with Crippen LogP contribution in [0, 0.1) is 6.92 Å². The van der Waals surface area contributed by atoms with Crippen molar-refractivity contribution >= 4 is 29.1 Å². The Morgan fingerprint density at radius 3 is 2.53 bits per heavy atom. The highest BCUT2D eigenvalue weighted by Crippen LogP contribution is 2.38. The van der Waals surface area contributed by atoms with Crippen LogP contribution >= 0.6 is 11.6 Å². The van der Waals surface area contributed by atoms with E-state index in [0.717, 1.165) is 5.76 Å². The molecule has 8 heteroatoms. The predicted octanol–water partition coefficient (Wildman–Crippen LogP) is 5.43. The minimum absolute atomic E-state index is 0.249. The number of anilines is 2. The van der Waals surface area contributed by atoms with Crippen LogP contribution in [0.1, 0.15) is 24.5 Å². The van der Waals surface area contributed by atoms with E-state index in [1.54, 1.807) is 10.7 Å². The zero-order valence-corrected chi connectivity index (χ0v) is 18.2. The summed E-state index contributed by atoms with van der Waals surface area (Å²) >= 11 is 6.37. The molecular formula is C24H20ClN5O2. The number of hydrogen-bond donors (Lipinski definition) is 2. The quantitative estimate of drug-likeness (QED) is 0.437. The number of allylic oxidation sites excluding steroid dienone is 1. The lowest BCUT2D eigenvalue weighted by Gasteiger charge is -2.27. The number of amides is 1. The summed E-state index contributed by atoms with van der Waals surface area (Å²) in [5.74, 6) is 2.06. The molecule has 0 radical (unpaired) electrons. The summed E-state index contributed by atoms with van der Waals surface area (Å²) in [6, 6.07) is 19.8. The third kappa shape index (κ3) is 3.56. The van der Waals surface area contributed by atoms with Crippen LogP contribution in [0.25, 0.3) is 11.4 Å². The molecular weight excluding hydrogens is 426 g/mol. The van der Waals surface area contributed by atoms with Crippen molar-refractivity contribution in [1.82, 2.24) is 14.8 Å². The van der Waals surface area contributed by atoms with E-state index in [9.17, 15) is 4.79 Å². The number of aromatic nitrogens is 3. The highest BCUT2D eigenvalue weighted by atomic mass is 35.5. The van der Waals surface area contributed by atoms with E-state index >= 15 is 0 Å². The second-order valence-electron chi connectivity index (χ2n) is 7.52. The van der Waals surface area contributed by atoms with E-state index in [2.05, 4.69) is 15.6 Å². The number of hydrogen-bond acceptors (Lipinski definition) is 5. The van der Waals surface area contributed by atoms with Gasteiger partial charge in [0.05, 0.1) is 10.6 Å². The highest BCUT2D eigenvalue weighted by Gasteiger charge is 2.36. The fourth-order valence-corrected chi connectivity index (χ4v) is 4.01. The molecule has 2 aromatic carbocycles. The molecule has 7 nitrogen and oxygen atoms in total. The number of para-hydroxylation sites is 1. The van der Waals surface area contributed by atoms with Gasteiger partial charge in [-0.1, -0.05) is 41.9 Å². The van der Waals surface area contributed by atoms with Gasteiger partial charge in [-0.3, -0.25) is 4.79 Å². The number of aryl methyl sites for hydroxylation is 1. The van der Waals surface area contributed by atoms with Crippen LogP contribution in [0.4, 0.5) is 11.6 Å². The predicted molar refractivity (Wildman–Crippen MR) is 123 cm³/mol. The molecule has 1 aliphatic rings. The first-order valence-corrected chi connectivity index (χ1v) is 10.5. The van der Waals surface area contributed by atoms with E-state index in [-0.39, 0.29) is 5.91 Å². The minimum Gasteiger partial charge on any atom is -0.464 e. The molecule has 0 fully saturated rings.